The topological polar surface area (TPSA) is 98.6 Å². The molecule has 1 saturated heterocycles. The van der Waals surface area contributed by atoms with Gasteiger partial charge in [0.05, 0.1) is 37.0 Å². The number of amides is 1. The monoisotopic (exact) mass is 567 g/mol. The Hall–Kier alpha value is -4.45. The molecule has 1 aliphatic rings. The number of nitrogens with one attached hydrogen (secondary N) is 1. The molecule has 1 amide bonds. The Bertz CT molecular complexity index is 1650. The minimum absolute atomic E-state index is 0.0669. The summed E-state index contributed by atoms with van der Waals surface area (Å²) >= 11 is 0. The van der Waals surface area contributed by atoms with Gasteiger partial charge in [0.15, 0.2) is 0 Å². The molecule has 9 nitrogen and oxygen atoms in total. The quantitative estimate of drug-likeness (QED) is 0.331. The number of aromatic nitrogens is 3. The maximum absolute atomic E-state index is 13.3. The minimum Gasteiger partial charge on any atom is -0.496 e. The third-order valence-corrected chi connectivity index (χ3v) is 7.18. The maximum Gasteiger partial charge on any atom is 0.416 e. The first-order valence-corrected chi connectivity index (χ1v) is 12.9. The van der Waals surface area contributed by atoms with Gasteiger partial charge in [0.25, 0.3) is 5.56 Å². The number of ether oxygens (including phenoxy) is 2. The molecular formula is C29H28F3N5O4. The summed E-state index contributed by atoms with van der Waals surface area (Å²) in [5.41, 5.74) is 1.58. The van der Waals surface area contributed by atoms with E-state index in [0.29, 0.717) is 42.0 Å². The number of halogens is 3. The third kappa shape index (κ3) is 5.47. The van der Waals surface area contributed by atoms with Crippen molar-refractivity contribution >= 4 is 28.3 Å². The fourth-order valence-corrected chi connectivity index (χ4v) is 5.00. The van der Waals surface area contributed by atoms with Crippen LogP contribution in [0, 0.1) is 5.92 Å². The van der Waals surface area contributed by atoms with Gasteiger partial charge < -0.3 is 24.3 Å². The molecule has 2 aromatic heterocycles. The van der Waals surface area contributed by atoms with Crippen molar-refractivity contribution in [3.63, 3.8) is 0 Å². The van der Waals surface area contributed by atoms with Gasteiger partial charge in [0, 0.05) is 50.3 Å². The highest BCUT2D eigenvalue weighted by molar-refractivity contribution is 6.00. The highest BCUT2D eigenvalue weighted by atomic mass is 19.4. The molecule has 1 unspecified atom stereocenters. The molecule has 1 atom stereocenters. The molecule has 0 bridgehead atoms. The number of anilines is 2. The SMILES string of the molecule is COCc1cc(N2CCC(CNc3ncc(-c4ccc(C(F)(F)F)cc4)c4ncn(C)c(=O)c34)C2=O)ccc1OC. The summed E-state index contributed by atoms with van der Waals surface area (Å²) in [6.45, 7) is 1.10. The number of carbonyl (C=O) groups is 1. The standard InChI is InChI=1S/C29H28F3N5O4/c1-36-16-35-25-22(17-4-6-20(7-5-17)29(30,31)32)14-34-26(24(25)28(36)39)33-13-18-10-11-37(27(18)38)21-8-9-23(41-3)19(12-21)15-40-2/h4-9,12,14,16,18H,10-11,13,15H2,1-3H3,(H,33,34). The normalized spacial score (nSPS) is 15.5. The van der Waals surface area contributed by atoms with Gasteiger partial charge in [-0.05, 0) is 42.3 Å². The fourth-order valence-electron chi connectivity index (χ4n) is 5.00. The maximum atomic E-state index is 13.3. The van der Waals surface area contributed by atoms with Crippen molar-refractivity contribution in [2.75, 3.05) is 37.5 Å². The molecule has 214 valence electrons. The zero-order valence-electron chi connectivity index (χ0n) is 22.7. The van der Waals surface area contributed by atoms with Gasteiger partial charge >= 0.3 is 6.18 Å². The Morgan fingerprint density at radius 3 is 2.51 bits per heavy atom. The molecule has 41 heavy (non-hydrogen) atoms. The number of alkyl halides is 3. The van der Waals surface area contributed by atoms with Crippen molar-refractivity contribution in [2.24, 2.45) is 13.0 Å². The van der Waals surface area contributed by atoms with Gasteiger partial charge in [0.1, 0.15) is 17.0 Å². The van der Waals surface area contributed by atoms with Crippen LogP contribution in [0.15, 0.2) is 59.8 Å². The van der Waals surface area contributed by atoms with E-state index in [-0.39, 0.29) is 35.1 Å². The van der Waals surface area contributed by atoms with Gasteiger partial charge in [-0.1, -0.05) is 12.1 Å². The van der Waals surface area contributed by atoms with E-state index in [2.05, 4.69) is 15.3 Å². The van der Waals surface area contributed by atoms with Crippen LogP contribution in [0.2, 0.25) is 0 Å². The van der Waals surface area contributed by atoms with Gasteiger partial charge in [-0.2, -0.15) is 13.2 Å². The van der Waals surface area contributed by atoms with Crippen LogP contribution < -0.4 is 20.5 Å². The lowest BCUT2D eigenvalue weighted by Crippen LogP contribution is -2.30. The second-order valence-corrected chi connectivity index (χ2v) is 9.77. The van der Waals surface area contributed by atoms with E-state index in [0.717, 1.165) is 23.4 Å². The largest absolute Gasteiger partial charge is 0.496 e. The first kappa shape index (κ1) is 28.1. The molecule has 2 aromatic carbocycles. The molecule has 0 radical (unpaired) electrons. The van der Waals surface area contributed by atoms with Gasteiger partial charge in [-0.3, -0.25) is 9.59 Å². The first-order valence-electron chi connectivity index (χ1n) is 12.9. The zero-order valence-corrected chi connectivity index (χ0v) is 22.7. The number of hydrogen-bond donors (Lipinski definition) is 1. The van der Waals surface area contributed by atoms with Gasteiger partial charge in [0.2, 0.25) is 5.91 Å². The van der Waals surface area contributed by atoms with Crippen LogP contribution in [0.5, 0.6) is 5.75 Å². The van der Waals surface area contributed by atoms with Crippen LogP contribution in [0.1, 0.15) is 17.5 Å². The highest BCUT2D eigenvalue weighted by Crippen LogP contribution is 2.34. The molecule has 0 spiro atoms. The van der Waals surface area contributed by atoms with Gasteiger partial charge in [-0.15, -0.1) is 0 Å². The van der Waals surface area contributed by atoms with E-state index in [1.54, 1.807) is 32.2 Å². The Labute approximate surface area is 233 Å². The molecule has 5 rings (SSSR count). The third-order valence-electron chi connectivity index (χ3n) is 7.18. The lowest BCUT2D eigenvalue weighted by atomic mass is 10.0. The lowest BCUT2D eigenvalue weighted by Gasteiger charge is -2.19. The van der Waals surface area contributed by atoms with Crippen molar-refractivity contribution in [3.8, 4) is 16.9 Å². The van der Waals surface area contributed by atoms with Crippen molar-refractivity contribution in [1.82, 2.24) is 14.5 Å². The lowest BCUT2D eigenvalue weighted by molar-refractivity contribution is -0.137. The number of methoxy groups -OCH3 is 2. The molecule has 1 fully saturated rings. The van der Waals surface area contributed by atoms with Crippen LogP contribution in [-0.4, -0.2) is 47.8 Å². The molecule has 1 N–H and O–H groups in total. The smallest absolute Gasteiger partial charge is 0.416 e. The minimum atomic E-state index is -4.46. The second-order valence-electron chi connectivity index (χ2n) is 9.77. The van der Waals surface area contributed by atoms with Crippen molar-refractivity contribution in [3.05, 3.63) is 76.5 Å². The molecule has 1 aliphatic heterocycles. The highest BCUT2D eigenvalue weighted by Gasteiger charge is 2.33. The van der Waals surface area contributed by atoms with Crippen LogP contribution in [0.3, 0.4) is 0 Å². The molecule has 0 aliphatic carbocycles. The summed E-state index contributed by atoms with van der Waals surface area (Å²) in [6.07, 6.45) is -1.05. The Kier molecular flexibility index (Phi) is 7.68. The number of benzene rings is 2. The van der Waals surface area contributed by atoms with Crippen molar-refractivity contribution in [1.29, 1.82) is 0 Å². The predicted octanol–water partition coefficient (Wildman–Crippen LogP) is 4.63. The number of hydrogen-bond acceptors (Lipinski definition) is 7. The number of rotatable bonds is 8. The Morgan fingerprint density at radius 1 is 1.07 bits per heavy atom. The number of carbonyl (C=O) groups excluding carboxylic acids is 1. The Morgan fingerprint density at radius 2 is 1.83 bits per heavy atom. The number of pyridine rings is 1. The molecule has 12 heteroatoms. The summed E-state index contributed by atoms with van der Waals surface area (Å²) in [4.78, 5) is 37.0. The van der Waals surface area contributed by atoms with Crippen LogP contribution in [0.4, 0.5) is 24.7 Å². The molecular weight excluding hydrogens is 539 g/mol. The van der Waals surface area contributed by atoms with E-state index in [1.807, 2.05) is 12.1 Å². The average Bonchev–Trinajstić information content (AvgIpc) is 3.33. The molecule has 4 aromatic rings. The summed E-state index contributed by atoms with van der Waals surface area (Å²) < 4.78 is 51.1. The summed E-state index contributed by atoms with van der Waals surface area (Å²) in [7, 11) is 4.72. The number of aryl methyl sites for hydroxylation is 1. The van der Waals surface area contributed by atoms with Crippen LogP contribution >= 0.6 is 0 Å². The van der Waals surface area contributed by atoms with Crippen molar-refractivity contribution in [2.45, 2.75) is 19.2 Å². The second kappa shape index (κ2) is 11.2. The zero-order chi connectivity index (χ0) is 29.3. The summed E-state index contributed by atoms with van der Waals surface area (Å²) in [6, 6.07) is 10.1. The first-order chi connectivity index (χ1) is 19.6. The van der Waals surface area contributed by atoms with Crippen LogP contribution in [-0.2, 0) is 29.4 Å². The number of fused-ring (bicyclic) bond motifs is 1. The predicted molar refractivity (Wildman–Crippen MR) is 148 cm³/mol. The summed E-state index contributed by atoms with van der Waals surface area (Å²) in [5.74, 6) is 0.494. The van der Waals surface area contributed by atoms with Crippen molar-refractivity contribution < 1.29 is 27.4 Å². The number of nitrogens with zero attached hydrogens (tertiary/aromatic N) is 4. The Balaban J connectivity index is 1.40. The van der Waals surface area contributed by atoms with E-state index in [1.165, 1.54) is 29.2 Å². The van der Waals surface area contributed by atoms with E-state index >= 15 is 0 Å². The van der Waals surface area contributed by atoms with Gasteiger partial charge in [-0.25, -0.2) is 9.97 Å². The molecule has 3 heterocycles. The van der Waals surface area contributed by atoms with E-state index in [4.69, 9.17) is 9.47 Å². The fraction of sp³-hybridized carbons (Fsp3) is 0.310. The molecule has 0 saturated carbocycles. The van der Waals surface area contributed by atoms with E-state index in [9.17, 15) is 22.8 Å². The average molecular weight is 568 g/mol. The summed E-state index contributed by atoms with van der Waals surface area (Å²) in [5, 5.41) is 3.35. The van der Waals surface area contributed by atoms with E-state index < -0.39 is 11.7 Å². The van der Waals surface area contributed by atoms with Crippen LogP contribution in [0.25, 0.3) is 22.0 Å².